The van der Waals surface area contributed by atoms with Crippen molar-refractivity contribution in [1.82, 2.24) is 24.9 Å². The maximum Gasteiger partial charge on any atom is 0.265 e. The predicted molar refractivity (Wildman–Crippen MR) is 119 cm³/mol. The molecule has 0 unspecified atom stereocenters. The van der Waals surface area contributed by atoms with E-state index in [1.165, 1.54) is 11.3 Å². The van der Waals surface area contributed by atoms with Crippen molar-refractivity contribution in [3.05, 3.63) is 51.5 Å². The Kier molecular flexibility index (Phi) is 5.47. The number of carbonyl (C=O) groups is 1. The fourth-order valence-electron chi connectivity index (χ4n) is 3.37. The van der Waals surface area contributed by atoms with E-state index in [-0.39, 0.29) is 5.91 Å². The van der Waals surface area contributed by atoms with E-state index in [0.29, 0.717) is 31.3 Å². The van der Waals surface area contributed by atoms with Crippen LogP contribution in [0, 0.1) is 6.92 Å². The van der Waals surface area contributed by atoms with Crippen LogP contribution in [0.15, 0.2) is 39.5 Å². The molecule has 4 aromatic rings. The molecule has 5 rings (SSSR count). The van der Waals surface area contributed by atoms with Crippen LogP contribution in [-0.2, 0) is 6.54 Å². The Balaban J connectivity index is 1.19. The number of aromatic nitrogens is 3. The molecular formula is C20H19N5O2S3. The molecule has 1 saturated heterocycles. The lowest BCUT2D eigenvalue weighted by atomic mass is 10.2. The minimum Gasteiger partial charge on any atom is -0.338 e. The molecule has 5 heterocycles. The second-order valence-corrected chi connectivity index (χ2v) is 9.86. The van der Waals surface area contributed by atoms with Gasteiger partial charge >= 0.3 is 0 Å². The van der Waals surface area contributed by atoms with E-state index < -0.39 is 0 Å². The number of nitrogens with zero attached hydrogens (tertiary/aromatic N) is 5. The third kappa shape index (κ3) is 3.95. The monoisotopic (exact) mass is 457 g/mol. The standard InChI is InChI=1S/C20H19N5O2S3/c1-13-17(30-19(21-13)15-5-3-11-29-15)20(26)25-8-6-24(7-9-25)12-16-22-18(23-27-16)14-4-2-10-28-14/h2-5,10-11H,6-9,12H2,1H3. The molecule has 7 nitrogen and oxygen atoms in total. The van der Waals surface area contributed by atoms with Crippen molar-refractivity contribution in [2.24, 2.45) is 0 Å². The van der Waals surface area contributed by atoms with Gasteiger partial charge in [-0.3, -0.25) is 9.69 Å². The molecule has 0 aromatic carbocycles. The van der Waals surface area contributed by atoms with Crippen molar-refractivity contribution >= 4 is 39.9 Å². The normalized spacial score (nSPS) is 15.0. The summed E-state index contributed by atoms with van der Waals surface area (Å²) in [6.07, 6.45) is 0. The Morgan fingerprint density at radius 2 is 1.80 bits per heavy atom. The summed E-state index contributed by atoms with van der Waals surface area (Å²) in [5, 5.41) is 9.01. The zero-order chi connectivity index (χ0) is 20.5. The van der Waals surface area contributed by atoms with E-state index in [2.05, 4.69) is 20.0 Å². The van der Waals surface area contributed by atoms with Gasteiger partial charge in [-0.15, -0.1) is 34.0 Å². The lowest BCUT2D eigenvalue weighted by Gasteiger charge is -2.33. The summed E-state index contributed by atoms with van der Waals surface area (Å²) in [6, 6.07) is 8.00. The Labute approximate surface area is 185 Å². The topological polar surface area (TPSA) is 75.4 Å². The van der Waals surface area contributed by atoms with Crippen LogP contribution in [0.25, 0.3) is 20.6 Å². The van der Waals surface area contributed by atoms with Crippen molar-refractivity contribution < 1.29 is 9.32 Å². The van der Waals surface area contributed by atoms with E-state index in [9.17, 15) is 4.79 Å². The van der Waals surface area contributed by atoms with Gasteiger partial charge in [0.15, 0.2) is 0 Å². The van der Waals surface area contributed by atoms with Crippen molar-refractivity contribution in [1.29, 1.82) is 0 Å². The number of hydrogen-bond acceptors (Lipinski definition) is 9. The summed E-state index contributed by atoms with van der Waals surface area (Å²) in [6.45, 7) is 5.42. The van der Waals surface area contributed by atoms with Gasteiger partial charge in [0, 0.05) is 26.2 Å². The number of hydrogen-bond donors (Lipinski definition) is 0. The lowest BCUT2D eigenvalue weighted by molar-refractivity contribution is 0.0619. The zero-order valence-electron chi connectivity index (χ0n) is 16.3. The van der Waals surface area contributed by atoms with E-state index in [1.807, 2.05) is 46.8 Å². The minimum absolute atomic E-state index is 0.0743. The number of piperazine rings is 1. The third-order valence-electron chi connectivity index (χ3n) is 4.95. The van der Waals surface area contributed by atoms with Crippen LogP contribution in [0.2, 0.25) is 0 Å². The summed E-state index contributed by atoms with van der Waals surface area (Å²) in [5.41, 5.74) is 0.808. The Hall–Kier alpha value is -2.40. The van der Waals surface area contributed by atoms with E-state index >= 15 is 0 Å². The second kappa shape index (κ2) is 8.38. The highest BCUT2D eigenvalue weighted by Gasteiger charge is 2.26. The third-order valence-corrected chi connectivity index (χ3v) is 8.00. The molecule has 1 amide bonds. The number of carbonyl (C=O) groups excluding carboxylic acids is 1. The summed E-state index contributed by atoms with van der Waals surface area (Å²) in [4.78, 5) is 29.2. The molecule has 10 heteroatoms. The summed E-state index contributed by atoms with van der Waals surface area (Å²) in [5.74, 6) is 1.32. The number of rotatable bonds is 5. The predicted octanol–water partition coefficient (Wildman–Crippen LogP) is 4.25. The van der Waals surface area contributed by atoms with Crippen LogP contribution in [-0.4, -0.2) is 57.0 Å². The van der Waals surface area contributed by atoms with Crippen LogP contribution in [0.3, 0.4) is 0 Å². The molecule has 1 aliphatic heterocycles. The highest BCUT2D eigenvalue weighted by Crippen LogP contribution is 2.32. The van der Waals surface area contributed by atoms with Crippen LogP contribution in [0.4, 0.5) is 0 Å². The molecule has 30 heavy (non-hydrogen) atoms. The van der Waals surface area contributed by atoms with Crippen molar-refractivity contribution in [3.8, 4) is 20.6 Å². The van der Waals surface area contributed by atoms with Gasteiger partial charge in [-0.05, 0) is 29.8 Å². The highest BCUT2D eigenvalue weighted by molar-refractivity contribution is 7.22. The molecule has 0 radical (unpaired) electrons. The number of amides is 1. The average molecular weight is 458 g/mol. The average Bonchev–Trinajstić information content (AvgIpc) is 3.54. The fourth-order valence-corrected chi connectivity index (χ4v) is 5.85. The maximum absolute atomic E-state index is 13.0. The summed E-state index contributed by atoms with van der Waals surface area (Å²) < 4.78 is 5.41. The zero-order valence-corrected chi connectivity index (χ0v) is 18.7. The van der Waals surface area contributed by atoms with Gasteiger partial charge < -0.3 is 9.42 Å². The van der Waals surface area contributed by atoms with Gasteiger partial charge in [0.1, 0.15) is 9.88 Å². The first-order valence-electron chi connectivity index (χ1n) is 9.57. The SMILES string of the molecule is Cc1nc(-c2cccs2)sc1C(=O)N1CCN(Cc2nc(-c3cccs3)no2)CC1. The number of thiophene rings is 2. The molecule has 0 bridgehead atoms. The van der Waals surface area contributed by atoms with Crippen molar-refractivity contribution in [3.63, 3.8) is 0 Å². The van der Waals surface area contributed by atoms with E-state index in [1.54, 1.807) is 22.7 Å². The van der Waals surface area contributed by atoms with Crippen LogP contribution >= 0.6 is 34.0 Å². The smallest absolute Gasteiger partial charge is 0.265 e. The second-order valence-electron chi connectivity index (χ2n) is 6.97. The fraction of sp³-hybridized carbons (Fsp3) is 0.300. The Morgan fingerprint density at radius 1 is 1.07 bits per heavy atom. The molecule has 1 aliphatic rings. The first-order valence-corrected chi connectivity index (χ1v) is 12.1. The quantitative estimate of drug-likeness (QED) is 0.446. The molecule has 0 aliphatic carbocycles. The molecule has 0 saturated carbocycles. The van der Waals surface area contributed by atoms with Crippen molar-refractivity contribution in [2.45, 2.75) is 13.5 Å². The minimum atomic E-state index is 0.0743. The number of thiazole rings is 1. The molecule has 154 valence electrons. The summed E-state index contributed by atoms with van der Waals surface area (Å²) >= 11 is 4.72. The van der Waals surface area contributed by atoms with Gasteiger partial charge in [0.25, 0.3) is 5.91 Å². The Morgan fingerprint density at radius 3 is 2.50 bits per heavy atom. The molecule has 0 N–H and O–H groups in total. The van der Waals surface area contributed by atoms with Crippen LogP contribution < -0.4 is 0 Å². The van der Waals surface area contributed by atoms with E-state index in [0.717, 1.165) is 38.4 Å². The van der Waals surface area contributed by atoms with Gasteiger partial charge in [0.2, 0.25) is 11.7 Å². The Bertz CT molecular complexity index is 1130. The van der Waals surface area contributed by atoms with Gasteiger partial charge in [-0.2, -0.15) is 4.98 Å². The van der Waals surface area contributed by atoms with Gasteiger partial charge in [-0.1, -0.05) is 17.3 Å². The highest BCUT2D eigenvalue weighted by atomic mass is 32.1. The van der Waals surface area contributed by atoms with E-state index in [4.69, 9.17) is 4.52 Å². The maximum atomic E-state index is 13.0. The lowest BCUT2D eigenvalue weighted by Crippen LogP contribution is -2.48. The van der Waals surface area contributed by atoms with Gasteiger partial charge in [0.05, 0.1) is 22.0 Å². The molecule has 0 atom stereocenters. The molecule has 4 aromatic heterocycles. The first kappa shape index (κ1) is 19.6. The van der Waals surface area contributed by atoms with Gasteiger partial charge in [-0.25, -0.2) is 4.98 Å². The molecule has 1 fully saturated rings. The molecule has 0 spiro atoms. The van der Waals surface area contributed by atoms with Crippen LogP contribution in [0.5, 0.6) is 0 Å². The molecular weight excluding hydrogens is 438 g/mol. The first-order chi connectivity index (χ1) is 14.7. The van der Waals surface area contributed by atoms with Crippen LogP contribution in [0.1, 0.15) is 21.3 Å². The summed E-state index contributed by atoms with van der Waals surface area (Å²) in [7, 11) is 0. The number of aryl methyl sites for hydroxylation is 1. The largest absolute Gasteiger partial charge is 0.338 e. The van der Waals surface area contributed by atoms with Crippen molar-refractivity contribution in [2.75, 3.05) is 26.2 Å².